The van der Waals surface area contributed by atoms with Crippen LogP contribution in [0.25, 0.3) is 0 Å². The van der Waals surface area contributed by atoms with Crippen molar-refractivity contribution in [1.29, 1.82) is 0 Å². The van der Waals surface area contributed by atoms with Gasteiger partial charge < -0.3 is 19.9 Å². The van der Waals surface area contributed by atoms with E-state index < -0.39 is 10.0 Å². The standard InChI is InChI=1S/C24H32N4O4S/c1-26(2)33(30,31)21-9-10-23(28-11-3-4-12-28)22(17-21)24(29)25-18-19-5-7-20(8-6-19)27-13-15-32-16-14-27/h5-10,17H,3-4,11-16,18H2,1-2H3,(H,25,29). The van der Waals surface area contributed by atoms with Gasteiger partial charge in [0.2, 0.25) is 10.0 Å². The zero-order valence-electron chi connectivity index (χ0n) is 19.3. The minimum atomic E-state index is -3.63. The van der Waals surface area contributed by atoms with Crippen molar-refractivity contribution >= 4 is 27.3 Å². The average molecular weight is 473 g/mol. The zero-order chi connectivity index (χ0) is 23.4. The van der Waals surface area contributed by atoms with E-state index in [9.17, 15) is 13.2 Å². The van der Waals surface area contributed by atoms with Crippen molar-refractivity contribution in [3.8, 4) is 0 Å². The summed E-state index contributed by atoms with van der Waals surface area (Å²) in [6.07, 6.45) is 2.13. The first-order chi connectivity index (χ1) is 15.9. The lowest BCUT2D eigenvalue weighted by molar-refractivity contribution is 0.0951. The van der Waals surface area contributed by atoms with Gasteiger partial charge in [0.1, 0.15) is 0 Å². The molecule has 0 aliphatic carbocycles. The molecule has 0 saturated carbocycles. The zero-order valence-corrected chi connectivity index (χ0v) is 20.1. The second-order valence-corrected chi connectivity index (χ2v) is 10.8. The van der Waals surface area contributed by atoms with E-state index in [1.807, 2.05) is 12.1 Å². The summed E-state index contributed by atoms with van der Waals surface area (Å²) in [5.74, 6) is -0.273. The van der Waals surface area contributed by atoms with Crippen LogP contribution in [0.3, 0.4) is 0 Å². The molecule has 0 bridgehead atoms. The first-order valence-corrected chi connectivity index (χ1v) is 12.8. The van der Waals surface area contributed by atoms with Gasteiger partial charge in [-0.3, -0.25) is 4.79 Å². The lowest BCUT2D eigenvalue weighted by atomic mass is 10.1. The molecule has 0 unspecified atom stereocenters. The van der Waals surface area contributed by atoms with Crippen molar-refractivity contribution in [3.63, 3.8) is 0 Å². The Hall–Kier alpha value is -2.62. The molecule has 2 aliphatic rings. The minimum absolute atomic E-state index is 0.121. The Balaban J connectivity index is 1.51. The summed E-state index contributed by atoms with van der Waals surface area (Å²) in [5.41, 5.74) is 3.31. The van der Waals surface area contributed by atoms with Crippen molar-refractivity contribution in [2.75, 3.05) is 63.3 Å². The van der Waals surface area contributed by atoms with Gasteiger partial charge in [0.25, 0.3) is 5.91 Å². The Kier molecular flexibility index (Phi) is 7.21. The average Bonchev–Trinajstić information content (AvgIpc) is 3.38. The Morgan fingerprint density at radius 2 is 1.64 bits per heavy atom. The van der Waals surface area contributed by atoms with Crippen LogP contribution in [0.4, 0.5) is 11.4 Å². The molecule has 1 N–H and O–H groups in total. The fourth-order valence-electron chi connectivity index (χ4n) is 4.23. The van der Waals surface area contributed by atoms with Gasteiger partial charge in [0.05, 0.1) is 23.7 Å². The lowest BCUT2D eigenvalue weighted by Crippen LogP contribution is -2.36. The number of nitrogens with one attached hydrogen (secondary N) is 1. The number of rotatable bonds is 7. The second-order valence-electron chi connectivity index (χ2n) is 8.61. The van der Waals surface area contributed by atoms with E-state index in [0.29, 0.717) is 12.1 Å². The van der Waals surface area contributed by atoms with Crippen LogP contribution in [-0.2, 0) is 21.3 Å². The number of morpholine rings is 1. The summed E-state index contributed by atoms with van der Waals surface area (Å²) in [6.45, 7) is 5.32. The smallest absolute Gasteiger partial charge is 0.253 e. The maximum absolute atomic E-state index is 13.2. The predicted octanol–water partition coefficient (Wildman–Crippen LogP) is 2.30. The van der Waals surface area contributed by atoms with Gasteiger partial charge in [-0.05, 0) is 48.7 Å². The third-order valence-corrected chi connectivity index (χ3v) is 8.01. The lowest BCUT2D eigenvalue weighted by Gasteiger charge is -2.28. The Labute approximate surface area is 196 Å². The highest BCUT2D eigenvalue weighted by molar-refractivity contribution is 7.89. The summed E-state index contributed by atoms with van der Waals surface area (Å²) in [7, 11) is -0.654. The molecule has 2 aromatic rings. The molecule has 8 nitrogen and oxygen atoms in total. The molecular formula is C24H32N4O4S. The van der Waals surface area contributed by atoms with Gasteiger partial charge >= 0.3 is 0 Å². The number of anilines is 2. The van der Waals surface area contributed by atoms with E-state index in [-0.39, 0.29) is 10.8 Å². The monoisotopic (exact) mass is 472 g/mol. The molecular weight excluding hydrogens is 440 g/mol. The first kappa shape index (κ1) is 23.5. The van der Waals surface area contributed by atoms with E-state index in [4.69, 9.17) is 4.74 Å². The fourth-order valence-corrected chi connectivity index (χ4v) is 5.15. The van der Waals surface area contributed by atoms with Crippen molar-refractivity contribution in [2.45, 2.75) is 24.3 Å². The van der Waals surface area contributed by atoms with Crippen LogP contribution in [0, 0.1) is 0 Å². The first-order valence-electron chi connectivity index (χ1n) is 11.4. The van der Waals surface area contributed by atoms with Crippen LogP contribution in [0.5, 0.6) is 0 Å². The molecule has 0 spiro atoms. The normalized spacial score (nSPS) is 16.9. The second kappa shape index (κ2) is 10.1. The highest BCUT2D eigenvalue weighted by Crippen LogP contribution is 2.28. The number of sulfonamides is 1. The van der Waals surface area contributed by atoms with Crippen LogP contribution in [0.15, 0.2) is 47.4 Å². The van der Waals surface area contributed by atoms with Crippen molar-refractivity contribution in [1.82, 2.24) is 9.62 Å². The Bertz CT molecular complexity index is 1070. The van der Waals surface area contributed by atoms with Gasteiger partial charge in [-0.2, -0.15) is 0 Å². The quantitative estimate of drug-likeness (QED) is 0.666. The van der Waals surface area contributed by atoms with Crippen molar-refractivity contribution < 1.29 is 17.9 Å². The number of carbonyl (C=O) groups excluding carboxylic acids is 1. The fraction of sp³-hybridized carbons (Fsp3) is 0.458. The number of hydrogen-bond donors (Lipinski definition) is 1. The number of ether oxygens (including phenoxy) is 1. The molecule has 2 heterocycles. The van der Waals surface area contributed by atoms with Gasteiger partial charge in [0, 0.05) is 58.2 Å². The number of hydrogen-bond acceptors (Lipinski definition) is 6. The molecule has 1 amide bonds. The molecule has 178 valence electrons. The summed E-state index contributed by atoms with van der Waals surface area (Å²) in [4.78, 5) is 17.7. The highest BCUT2D eigenvalue weighted by Gasteiger charge is 2.24. The molecule has 4 rings (SSSR count). The third-order valence-electron chi connectivity index (χ3n) is 6.20. The van der Waals surface area contributed by atoms with Gasteiger partial charge in [-0.15, -0.1) is 0 Å². The number of amides is 1. The van der Waals surface area contributed by atoms with E-state index in [1.54, 1.807) is 12.1 Å². The van der Waals surface area contributed by atoms with Crippen LogP contribution in [-0.4, -0.2) is 72.1 Å². The SMILES string of the molecule is CN(C)S(=O)(=O)c1ccc(N2CCCC2)c(C(=O)NCc2ccc(N3CCOCC3)cc2)c1. The number of benzene rings is 2. The minimum Gasteiger partial charge on any atom is -0.378 e. The molecule has 0 aromatic heterocycles. The van der Waals surface area contributed by atoms with Crippen LogP contribution >= 0.6 is 0 Å². The van der Waals surface area contributed by atoms with Crippen LogP contribution < -0.4 is 15.1 Å². The summed E-state index contributed by atoms with van der Waals surface area (Å²) < 4.78 is 31.9. The van der Waals surface area contributed by atoms with Crippen molar-refractivity contribution in [2.24, 2.45) is 0 Å². The Morgan fingerprint density at radius 3 is 2.27 bits per heavy atom. The van der Waals surface area contributed by atoms with Crippen LogP contribution in [0.2, 0.25) is 0 Å². The van der Waals surface area contributed by atoms with Crippen molar-refractivity contribution in [3.05, 3.63) is 53.6 Å². The maximum Gasteiger partial charge on any atom is 0.253 e. The van der Waals surface area contributed by atoms with E-state index in [0.717, 1.165) is 73.5 Å². The molecule has 2 fully saturated rings. The van der Waals surface area contributed by atoms with Crippen LogP contribution in [0.1, 0.15) is 28.8 Å². The van der Waals surface area contributed by atoms with E-state index in [1.165, 1.54) is 20.2 Å². The topological polar surface area (TPSA) is 82.2 Å². The number of nitrogens with zero attached hydrogens (tertiary/aromatic N) is 3. The molecule has 0 atom stereocenters. The maximum atomic E-state index is 13.2. The van der Waals surface area contributed by atoms with E-state index in [2.05, 4.69) is 27.2 Å². The molecule has 2 aromatic carbocycles. The molecule has 2 aliphatic heterocycles. The third kappa shape index (κ3) is 5.31. The highest BCUT2D eigenvalue weighted by atomic mass is 32.2. The van der Waals surface area contributed by atoms with Gasteiger partial charge in [0.15, 0.2) is 0 Å². The Morgan fingerprint density at radius 1 is 0.970 bits per heavy atom. The van der Waals surface area contributed by atoms with E-state index >= 15 is 0 Å². The van der Waals surface area contributed by atoms with Gasteiger partial charge in [-0.25, -0.2) is 12.7 Å². The summed E-state index contributed by atoms with van der Waals surface area (Å²) in [5, 5.41) is 2.98. The molecule has 9 heteroatoms. The predicted molar refractivity (Wildman–Crippen MR) is 129 cm³/mol. The molecule has 33 heavy (non-hydrogen) atoms. The summed E-state index contributed by atoms with van der Waals surface area (Å²) >= 11 is 0. The largest absolute Gasteiger partial charge is 0.378 e. The number of carbonyl (C=O) groups is 1. The molecule has 0 radical (unpaired) electrons. The van der Waals surface area contributed by atoms with Gasteiger partial charge in [-0.1, -0.05) is 12.1 Å². The molecule has 2 saturated heterocycles. The summed E-state index contributed by atoms with van der Waals surface area (Å²) in [6, 6.07) is 13.0.